The molecular weight excluding hydrogens is 592 g/mol. The second-order valence-corrected chi connectivity index (χ2v) is 15.3. The van der Waals surface area contributed by atoms with E-state index in [1.165, 1.54) is 17.8 Å². The topological polar surface area (TPSA) is 97.8 Å². The number of phenols is 1. The summed E-state index contributed by atoms with van der Waals surface area (Å²) in [5, 5.41) is 11.4. The summed E-state index contributed by atoms with van der Waals surface area (Å²) in [7, 11) is 2.01. The van der Waals surface area contributed by atoms with Gasteiger partial charge in [-0.25, -0.2) is 4.79 Å². The van der Waals surface area contributed by atoms with Crippen LogP contribution < -0.4 is 14.2 Å². The lowest BCUT2D eigenvalue weighted by Crippen LogP contribution is -2.43. The lowest BCUT2D eigenvalue weighted by Gasteiger charge is -2.37. The average molecular weight is 641 g/mol. The highest BCUT2D eigenvalue weighted by molar-refractivity contribution is 8.02. The van der Waals surface area contributed by atoms with Crippen molar-refractivity contribution in [2.75, 3.05) is 40.1 Å². The summed E-state index contributed by atoms with van der Waals surface area (Å²) < 4.78 is 22.8. The molecule has 0 aliphatic carbocycles. The quantitative estimate of drug-likeness (QED) is 0.281. The summed E-state index contributed by atoms with van der Waals surface area (Å²) >= 11 is 1.31. The molecule has 1 amide bonds. The van der Waals surface area contributed by atoms with Gasteiger partial charge in [0.15, 0.2) is 16.9 Å². The van der Waals surface area contributed by atoms with E-state index in [1.54, 1.807) is 4.90 Å². The third-order valence-corrected chi connectivity index (χ3v) is 9.41. The van der Waals surface area contributed by atoms with Gasteiger partial charge in [-0.3, -0.25) is 4.79 Å². The zero-order valence-corrected chi connectivity index (χ0v) is 28.9. The number of rotatable bonds is 12. The molecule has 4 rings (SSSR count). The van der Waals surface area contributed by atoms with E-state index in [0.29, 0.717) is 49.9 Å². The van der Waals surface area contributed by atoms with Gasteiger partial charge in [0.1, 0.15) is 28.9 Å². The zero-order valence-electron chi connectivity index (χ0n) is 28.1. The van der Waals surface area contributed by atoms with Crippen molar-refractivity contribution in [2.24, 2.45) is 0 Å². The third kappa shape index (κ3) is 7.80. The molecule has 1 fully saturated rings. The molecule has 0 spiro atoms. The summed E-state index contributed by atoms with van der Waals surface area (Å²) in [5.41, 5.74) is 0.705. The predicted molar refractivity (Wildman–Crippen MR) is 177 cm³/mol. The maximum Gasteiger partial charge on any atom is 0.263 e. The van der Waals surface area contributed by atoms with Crippen LogP contribution in [0.1, 0.15) is 78.5 Å². The molecule has 2 aromatic rings. The van der Waals surface area contributed by atoms with Crippen molar-refractivity contribution in [3.63, 3.8) is 0 Å². The fourth-order valence-corrected chi connectivity index (χ4v) is 7.07. The molecule has 0 aromatic heterocycles. The molecule has 1 N–H and O–H groups in total. The van der Waals surface area contributed by atoms with Gasteiger partial charge in [-0.15, -0.1) is 0 Å². The minimum atomic E-state index is -1.15. The van der Waals surface area contributed by atoms with Crippen LogP contribution in [0.25, 0.3) is 0 Å². The van der Waals surface area contributed by atoms with Crippen LogP contribution in [-0.2, 0) is 30.0 Å². The van der Waals surface area contributed by atoms with Gasteiger partial charge in [0.2, 0.25) is 6.79 Å². The van der Waals surface area contributed by atoms with E-state index < -0.39 is 10.3 Å². The first-order chi connectivity index (χ1) is 21.1. The van der Waals surface area contributed by atoms with Crippen molar-refractivity contribution in [3.8, 4) is 23.0 Å². The Bertz CT molecular complexity index is 1390. The van der Waals surface area contributed by atoms with Crippen LogP contribution in [0.3, 0.4) is 0 Å². The third-order valence-electron chi connectivity index (χ3n) is 7.95. The number of aromatic hydroxyl groups is 1. The first kappa shape index (κ1) is 34.7. The van der Waals surface area contributed by atoms with Gasteiger partial charge in [0, 0.05) is 25.2 Å². The molecule has 2 aliphatic heterocycles. The minimum absolute atomic E-state index is 0.184. The fourth-order valence-electron chi connectivity index (χ4n) is 5.56. The van der Waals surface area contributed by atoms with Crippen LogP contribution in [0.4, 0.5) is 0 Å². The molecule has 2 heterocycles. The summed E-state index contributed by atoms with van der Waals surface area (Å²) in [5.74, 6) is 4.18. The molecule has 2 unspecified atom stereocenters. The lowest BCUT2D eigenvalue weighted by molar-refractivity contribution is -0.140. The van der Waals surface area contributed by atoms with E-state index in [4.69, 9.17) is 18.9 Å². The van der Waals surface area contributed by atoms with E-state index in [-0.39, 0.29) is 35.4 Å². The summed E-state index contributed by atoms with van der Waals surface area (Å²) in [6.07, 6.45) is 1.91. The molecular formula is C35H48N2O7S. The van der Waals surface area contributed by atoms with Crippen molar-refractivity contribution in [2.45, 2.75) is 89.1 Å². The normalized spacial score (nSPS) is 19.8. The van der Waals surface area contributed by atoms with Gasteiger partial charge < -0.3 is 33.9 Å². The molecule has 0 saturated carbocycles. The van der Waals surface area contributed by atoms with E-state index in [1.807, 2.05) is 98.7 Å². The van der Waals surface area contributed by atoms with Gasteiger partial charge >= 0.3 is 0 Å². The Kier molecular flexibility index (Phi) is 10.5. The SMILES string of the molecule is CC(C)OC1SC(C=C=O)(c2cc(C(C)(C)C)c(O)c(C(C)(C)C)c2)N(CCCN(C)CCOc2ccc3c(c2)OCO3)C1=O. The van der Waals surface area contributed by atoms with Crippen molar-refractivity contribution >= 4 is 23.6 Å². The maximum absolute atomic E-state index is 13.9. The second kappa shape index (κ2) is 13.7. The van der Waals surface area contributed by atoms with Gasteiger partial charge in [0.25, 0.3) is 5.91 Å². The second-order valence-electron chi connectivity index (χ2n) is 14.0. The maximum atomic E-state index is 13.9. The highest BCUT2D eigenvalue weighted by atomic mass is 32.2. The molecule has 2 aliphatic rings. The van der Waals surface area contributed by atoms with E-state index in [9.17, 15) is 14.7 Å². The number of amides is 1. The largest absolute Gasteiger partial charge is 0.507 e. The van der Waals surface area contributed by atoms with Crippen molar-refractivity contribution in [1.82, 2.24) is 9.80 Å². The summed E-state index contributed by atoms with van der Waals surface area (Å²) in [6, 6.07) is 9.39. The number of carbonyl (C=O) groups excluding carboxylic acids is 2. The van der Waals surface area contributed by atoms with Crippen molar-refractivity contribution in [3.05, 3.63) is 53.1 Å². The predicted octanol–water partition coefficient (Wildman–Crippen LogP) is 5.98. The average Bonchev–Trinajstić information content (AvgIpc) is 3.50. The Morgan fingerprint density at radius 2 is 1.73 bits per heavy atom. The minimum Gasteiger partial charge on any atom is -0.507 e. The van der Waals surface area contributed by atoms with Crippen LogP contribution in [0, 0.1) is 0 Å². The molecule has 2 aromatic carbocycles. The highest BCUT2D eigenvalue weighted by Crippen LogP contribution is 2.53. The first-order valence-electron chi connectivity index (χ1n) is 15.5. The number of hydrogen-bond acceptors (Lipinski definition) is 9. The number of likely N-dealkylation sites (N-methyl/N-ethyl adjacent to an activating group) is 1. The smallest absolute Gasteiger partial charge is 0.263 e. The Balaban J connectivity index is 1.56. The van der Waals surface area contributed by atoms with E-state index in [2.05, 4.69) is 4.90 Å². The fraction of sp³-hybridized carbons (Fsp3) is 0.571. The van der Waals surface area contributed by atoms with Gasteiger partial charge in [0.05, 0.1) is 6.10 Å². The monoisotopic (exact) mass is 640 g/mol. The first-order valence-corrected chi connectivity index (χ1v) is 16.4. The number of phenolic OH excluding ortho intramolecular Hbond substituents is 1. The Morgan fingerprint density at radius 1 is 1.09 bits per heavy atom. The van der Waals surface area contributed by atoms with E-state index >= 15 is 0 Å². The number of fused-ring (bicyclic) bond motifs is 1. The molecule has 45 heavy (non-hydrogen) atoms. The van der Waals surface area contributed by atoms with Gasteiger partial charge in [-0.1, -0.05) is 53.3 Å². The van der Waals surface area contributed by atoms with Crippen LogP contribution >= 0.6 is 11.8 Å². The molecule has 246 valence electrons. The van der Waals surface area contributed by atoms with E-state index in [0.717, 1.165) is 16.7 Å². The molecule has 10 heteroatoms. The van der Waals surface area contributed by atoms with Crippen LogP contribution in [0.5, 0.6) is 23.0 Å². The number of nitrogens with zero attached hydrogens (tertiary/aromatic N) is 2. The highest BCUT2D eigenvalue weighted by Gasteiger charge is 2.53. The number of thioether (sulfide) groups is 1. The van der Waals surface area contributed by atoms with Gasteiger partial charge in [-0.2, -0.15) is 0 Å². The number of benzene rings is 2. The van der Waals surface area contributed by atoms with Crippen LogP contribution in [-0.4, -0.2) is 78.4 Å². The Morgan fingerprint density at radius 3 is 2.33 bits per heavy atom. The summed E-state index contributed by atoms with van der Waals surface area (Å²) in [6.45, 7) is 18.5. The number of ether oxygens (including phenoxy) is 4. The zero-order chi connectivity index (χ0) is 33.2. The van der Waals surface area contributed by atoms with Crippen molar-refractivity contribution in [1.29, 1.82) is 0 Å². The molecule has 0 radical (unpaired) electrons. The van der Waals surface area contributed by atoms with Crippen molar-refractivity contribution < 1.29 is 33.6 Å². The molecule has 9 nitrogen and oxygen atoms in total. The number of hydrogen-bond donors (Lipinski definition) is 1. The lowest BCUT2D eigenvalue weighted by atomic mass is 9.77. The number of carbonyl (C=O) groups is 1. The van der Waals surface area contributed by atoms with Gasteiger partial charge in [-0.05, 0) is 85.6 Å². The molecule has 1 saturated heterocycles. The molecule has 2 atom stereocenters. The standard InChI is InChI=1S/C35H48N2O7S/c1-23(2)44-32-31(40)37(15-10-14-36(9)16-18-41-25-11-12-28-29(21-25)43-22-42-28)35(45-32,13-17-38)24-19-26(33(3,4)5)30(39)27(20-24)34(6,7)8/h11-13,19-21,23,32,39H,10,14-16,18,22H2,1-9H3. The van der Waals surface area contributed by atoms with Crippen LogP contribution in [0.15, 0.2) is 36.4 Å². The van der Waals surface area contributed by atoms with Crippen LogP contribution in [0.2, 0.25) is 0 Å². The Hall–Kier alpha value is -3.17. The Labute approximate surface area is 271 Å². The summed E-state index contributed by atoms with van der Waals surface area (Å²) in [4.78, 5) is 28.9. The molecule has 0 bridgehead atoms.